The highest BCUT2D eigenvalue weighted by molar-refractivity contribution is 7.91. The summed E-state index contributed by atoms with van der Waals surface area (Å²) >= 11 is 1.31. The molecule has 1 amide bonds. The number of ether oxygens (including phenoxy) is 1. The zero-order valence-electron chi connectivity index (χ0n) is 16.2. The van der Waals surface area contributed by atoms with Crippen molar-refractivity contribution in [2.75, 3.05) is 17.7 Å². The zero-order valence-corrected chi connectivity index (χ0v) is 17.8. The summed E-state index contributed by atoms with van der Waals surface area (Å²) in [6, 6.07) is 13.6. The molecule has 0 aliphatic heterocycles. The fourth-order valence-corrected chi connectivity index (χ4v) is 4.21. The number of aromatic nitrogens is 1. The number of hydrogen-bond acceptors (Lipinski definition) is 6. The molecule has 1 heterocycles. The molecular weight excluding hydrogens is 408 g/mol. The van der Waals surface area contributed by atoms with Gasteiger partial charge in [0.25, 0.3) is 5.91 Å². The van der Waals surface area contributed by atoms with Crippen LogP contribution in [0, 0.1) is 0 Å². The maximum atomic E-state index is 12.5. The van der Waals surface area contributed by atoms with Crippen LogP contribution in [0.3, 0.4) is 0 Å². The Hall–Kier alpha value is -2.71. The first-order valence-electron chi connectivity index (χ1n) is 9.26. The van der Waals surface area contributed by atoms with Crippen LogP contribution in [0.5, 0.6) is 5.75 Å². The number of nitrogens with zero attached hydrogens (tertiary/aromatic N) is 1. The molecule has 0 unspecified atom stereocenters. The van der Waals surface area contributed by atoms with E-state index in [0.29, 0.717) is 11.7 Å². The van der Waals surface area contributed by atoms with E-state index in [9.17, 15) is 13.2 Å². The molecule has 0 saturated carbocycles. The van der Waals surface area contributed by atoms with E-state index in [-0.39, 0.29) is 16.2 Å². The molecule has 6 nitrogen and oxygen atoms in total. The molecule has 0 fully saturated rings. The number of carbonyl (C=O) groups is 1. The Morgan fingerprint density at radius 3 is 2.59 bits per heavy atom. The predicted octanol–water partition coefficient (Wildman–Crippen LogP) is 4.64. The van der Waals surface area contributed by atoms with Gasteiger partial charge in [-0.15, -0.1) is 11.3 Å². The number of hydrogen-bond donors (Lipinski definition) is 1. The second-order valence-corrected chi connectivity index (χ2v) is 9.43. The quantitative estimate of drug-likeness (QED) is 0.562. The number of rotatable bonds is 8. The van der Waals surface area contributed by atoms with Crippen LogP contribution in [0.1, 0.15) is 30.6 Å². The van der Waals surface area contributed by atoms with E-state index in [4.69, 9.17) is 4.74 Å². The summed E-state index contributed by atoms with van der Waals surface area (Å²) in [5, 5.41) is 5.03. The van der Waals surface area contributed by atoms with Crippen LogP contribution in [-0.2, 0) is 9.84 Å². The summed E-state index contributed by atoms with van der Waals surface area (Å²) < 4.78 is 29.6. The molecule has 3 aromatic rings. The van der Waals surface area contributed by atoms with Crippen LogP contribution in [0.2, 0.25) is 0 Å². The molecule has 0 aliphatic rings. The van der Waals surface area contributed by atoms with Crippen molar-refractivity contribution >= 4 is 32.2 Å². The maximum Gasteiger partial charge on any atom is 0.257 e. The van der Waals surface area contributed by atoms with Gasteiger partial charge in [-0.25, -0.2) is 13.4 Å². The third-order valence-corrected chi connectivity index (χ3v) is 6.67. The van der Waals surface area contributed by atoms with Gasteiger partial charge in [0.05, 0.1) is 22.9 Å². The largest absolute Gasteiger partial charge is 0.494 e. The monoisotopic (exact) mass is 430 g/mol. The van der Waals surface area contributed by atoms with E-state index in [2.05, 4.69) is 17.2 Å². The molecule has 3 rings (SSSR count). The molecule has 152 valence electrons. The average Bonchev–Trinajstić information content (AvgIpc) is 3.21. The highest BCUT2D eigenvalue weighted by atomic mass is 32.2. The van der Waals surface area contributed by atoms with Gasteiger partial charge in [-0.05, 0) is 48.9 Å². The minimum Gasteiger partial charge on any atom is -0.494 e. The fourth-order valence-electron chi connectivity index (χ4n) is 2.57. The highest BCUT2D eigenvalue weighted by Crippen LogP contribution is 2.27. The molecule has 0 radical (unpaired) electrons. The molecule has 1 aromatic heterocycles. The number of sulfone groups is 1. The van der Waals surface area contributed by atoms with Crippen molar-refractivity contribution in [1.82, 2.24) is 4.98 Å². The Balaban J connectivity index is 1.72. The summed E-state index contributed by atoms with van der Waals surface area (Å²) in [7, 11) is -3.37. The molecular formula is C21H22N2O4S2. The molecule has 1 N–H and O–H groups in total. The van der Waals surface area contributed by atoms with Gasteiger partial charge in [-0.1, -0.05) is 19.9 Å². The topological polar surface area (TPSA) is 85.4 Å². The van der Waals surface area contributed by atoms with Crippen LogP contribution < -0.4 is 10.1 Å². The second kappa shape index (κ2) is 9.19. The number of thiazole rings is 1. The van der Waals surface area contributed by atoms with Crippen LogP contribution in [0.25, 0.3) is 11.3 Å². The van der Waals surface area contributed by atoms with Crippen molar-refractivity contribution in [3.8, 4) is 17.0 Å². The standard InChI is InChI=1S/C21H22N2O4S2/c1-3-12-27-17-10-8-15(9-11-17)19-14-28-21(22-19)23-20(24)16-6-5-7-18(13-16)29(25,26)4-2/h5-11,13-14H,3-4,12H2,1-2H3,(H,22,23,24). The third-order valence-electron chi connectivity index (χ3n) is 4.18. The first kappa shape index (κ1) is 21.0. The van der Waals surface area contributed by atoms with E-state index in [1.54, 1.807) is 19.1 Å². The van der Waals surface area contributed by atoms with E-state index < -0.39 is 15.7 Å². The summed E-state index contributed by atoms with van der Waals surface area (Å²) in [4.78, 5) is 17.1. The maximum absolute atomic E-state index is 12.5. The lowest BCUT2D eigenvalue weighted by Gasteiger charge is -2.05. The number of anilines is 1. The first-order chi connectivity index (χ1) is 13.9. The van der Waals surface area contributed by atoms with Gasteiger partial charge in [0.1, 0.15) is 5.75 Å². The van der Waals surface area contributed by atoms with Crippen LogP contribution >= 0.6 is 11.3 Å². The van der Waals surface area contributed by atoms with Crippen molar-refractivity contribution in [3.05, 3.63) is 59.5 Å². The van der Waals surface area contributed by atoms with Gasteiger partial charge in [-0.3, -0.25) is 10.1 Å². The molecule has 8 heteroatoms. The normalized spacial score (nSPS) is 11.2. The molecule has 0 saturated heterocycles. The summed E-state index contributed by atoms with van der Waals surface area (Å²) in [6.45, 7) is 4.30. The molecule has 2 aromatic carbocycles. The van der Waals surface area contributed by atoms with Crippen molar-refractivity contribution in [2.45, 2.75) is 25.2 Å². The van der Waals surface area contributed by atoms with Gasteiger partial charge in [0.15, 0.2) is 15.0 Å². The van der Waals surface area contributed by atoms with Crippen molar-refractivity contribution in [1.29, 1.82) is 0 Å². The molecule has 0 aliphatic carbocycles. The van der Waals surface area contributed by atoms with Crippen molar-refractivity contribution in [3.63, 3.8) is 0 Å². The predicted molar refractivity (Wildman–Crippen MR) is 115 cm³/mol. The van der Waals surface area contributed by atoms with Crippen molar-refractivity contribution in [2.24, 2.45) is 0 Å². The van der Waals surface area contributed by atoms with Crippen LogP contribution in [0.15, 0.2) is 58.8 Å². The molecule has 0 spiro atoms. The number of nitrogens with one attached hydrogen (secondary N) is 1. The smallest absolute Gasteiger partial charge is 0.257 e. The highest BCUT2D eigenvalue weighted by Gasteiger charge is 2.15. The first-order valence-corrected chi connectivity index (χ1v) is 11.8. The Kier molecular flexibility index (Phi) is 6.66. The molecule has 29 heavy (non-hydrogen) atoms. The zero-order chi connectivity index (χ0) is 20.9. The van der Waals surface area contributed by atoms with E-state index in [1.165, 1.54) is 23.5 Å². The average molecular weight is 431 g/mol. The van der Waals surface area contributed by atoms with Gasteiger partial charge in [0, 0.05) is 16.5 Å². The van der Waals surface area contributed by atoms with Crippen molar-refractivity contribution < 1.29 is 17.9 Å². The Bertz CT molecular complexity index is 1090. The summed E-state index contributed by atoms with van der Waals surface area (Å²) in [6.07, 6.45) is 0.949. The van der Waals surface area contributed by atoms with Crippen LogP contribution in [-0.4, -0.2) is 31.7 Å². The lowest BCUT2D eigenvalue weighted by atomic mass is 10.2. The Morgan fingerprint density at radius 1 is 1.14 bits per heavy atom. The lowest BCUT2D eigenvalue weighted by Crippen LogP contribution is -2.13. The third kappa shape index (κ3) is 5.21. The van der Waals surface area contributed by atoms with Gasteiger partial charge < -0.3 is 4.74 Å². The summed E-state index contributed by atoms with van der Waals surface area (Å²) in [5.41, 5.74) is 1.94. The number of carbonyl (C=O) groups excluding carboxylic acids is 1. The van der Waals surface area contributed by atoms with E-state index in [0.717, 1.165) is 23.4 Å². The SMILES string of the molecule is CCCOc1ccc(-c2csc(NC(=O)c3cccc(S(=O)(=O)CC)c3)n2)cc1. The van der Waals surface area contributed by atoms with E-state index in [1.807, 2.05) is 29.6 Å². The fraction of sp³-hybridized carbons (Fsp3) is 0.238. The Labute approximate surface area is 174 Å². The van der Waals surface area contributed by atoms with Gasteiger partial charge >= 0.3 is 0 Å². The molecule has 0 atom stereocenters. The minimum atomic E-state index is -3.37. The molecule has 0 bridgehead atoms. The summed E-state index contributed by atoms with van der Waals surface area (Å²) in [5.74, 6) is 0.388. The number of benzene rings is 2. The van der Waals surface area contributed by atoms with Gasteiger partial charge in [0.2, 0.25) is 0 Å². The minimum absolute atomic E-state index is 0.0177. The lowest BCUT2D eigenvalue weighted by molar-refractivity contribution is 0.102. The second-order valence-electron chi connectivity index (χ2n) is 6.30. The van der Waals surface area contributed by atoms with Crippen LogP contribution in [0.4, 0.5) is 5.13 Å². The van der Waals surface area contributed by atoms with Gasteiger partial charge in [-0.2, -0.15) is 0 Å². The van der Waals surface area contributed by atoms with E-state index >= 15 is 0 Å². The number of amides is 1. The Morgan fingerprint density at radius 2 is 1.90 bits per heavy atom.